The van der Waals surface area contributed by atoms with E-state index in [1.54, 1.807) is 0 Å². The molecule has 3 nitrogen and oxygen atoms in total. The number of aromatic nitrogens is 2. The topological polar surface area (TPSA) is 29.9 Å². The Morgan fingerprint density at radius 2 is 1.77 bits per heavy atom. The second kappa shape index (κ2) is 7.47. The van der Waals surface area contributed by atoms with Gasteiger partial charge in [0.05, 0.1) is 5.56 Å². The average molecular weight is 414 g/mol. The predicted molar refractivity (Wildman–Crippen MR) is 127 cm³/mol. The van der Waals surface area contributed by atoms with Gasteiger partial charge in [-0.15, -0.1) is 0 Å². The van der Waals surface area contributed by atoms with Crippen molar-refractivity contribution < 1.29 is 8.98 Å². The third kappa shape index (κ3) is 3.75. The van der Waals surface area contributed by atoms with Gasteiger partial charge in [0.25, 0.3) is 0 Å². The third-order valence-electron chi connectivity index (χ3n) is 6.72. The van der Waals surface area contributed by atoms with Gasteiger partial charge in [0.1, 0.15) is 7.05 Å². The second-order valence-corrected chi connectivity index (χ2v) is 10.6. The van der Waals surface area contributed by atoms with Gasteiger partial charge in [0.2, 0.25) is 11.4 Å². The van der Waals surface area contributed by atoms with E-state index in [4.69, 9.17) is 9.40 Å². The fraction of sp³-hybridized carbons (Fsp3) is 0.429. The van der Waals surface area contributed by atoms with Crippen LogP contribution in [0.2, 0.25) is 0 Å². The lowest BCUT2D eigenvalue weighted by Crippen LogP contribution is -2.31. The molecule has 0 saturated heterocycles. The first-order chi connectivity index (χ1) is 14.8. The number of furan rings is 1. The van der Waals surface area contributed by atoms with Gasteiger partial charge in [0.15, 0.2) is 11.8 Å². The predicted octanol–water partition coefficient (Wildman–Crippen LogP) is 7.03. The van der Waals surface area contributed by atoms with Crippen LogP contribution < -0.4 is 4.57 Å². The summed E-state index contributed by atoms with van der Waals surface area (Å²) >= 11 is 0. The molecule has 31 heavy (non-hydrogen) atoms. The van der Waals surface area contributed by atoms with E-state index in [0.717, 1.165) is 28.5 Å². The van der Waals surface area contributed by atoms with E-state index in [1.165, 1.54) is 53.8 Å². The summed E-state index contributed by atoms with van der Waals surface area (Å²) in [5.74, 6) is 0.589. The maximum absolute atomic E-state index is 6.49. The van der Waals surface area contributed by atoms with Crippen LogP contribution in [-0.4, -0.2) is 4.98 Å². The molecule has 0 unspecified atom stereocenters. The first kappa shape index (κ1) is 20.2. The molecule has 1 aliphatic rings. The van der Waals surface area contributed by atoms with Crippen molar-refractivity contribution in [2.24, 2.45) is 12.5 Å². The molecule has 0 spiro atoms. The van der Waals surface area contributed by atoms with Crippen LogP contribution in [-0.2, 0) is 13.5 Å². The van der Waals surface area contributed by atoms with Gasteiger partial charge < -0.3 is 4.42 Å². The molecule has 4 aromatic rings. The fourth-order valence-corrected chi connectivity index (χ4v) is 5.18. The molecule has 0 amide bonds. The van der Waals surface area contributed by atoms with E-state index in [9.17, 15) is 0 Å². The number of rotatable bonds is 3. The summed E-state index contributed by atoms with van der Waals surface area (Å²) in [7, 11) is 2.12. The SMILES string of the molecule is Cc1ccc2c(oc3nc(C4CCCC4)ccc32)c1-c1cc(CC(C)(C)C)cc[n+]1C. The minimum Gasteiger partial charge on any atom is -0.437 e. The molecule has 1 aliphatic carbocycles. The van der Waals surface area contributed by atoms with E-state index in [0.29, 0.717) is 5.92 Å². The van der Waals surface area contributed by atoms with Crippen molar-refractivity contribution in [3.63, 3.8) is 0 Å². The number of pyridine rings is 2. The zero-order valence-electron chi connectivity index (χ0n) is 19.5. The summed E-state index contributed by atoms with van der Waals surface area (Å²) in [6.45, 7) is 9.05. The molecular formula is C28H33N2O+. The van der Waals surface area contributed by atoms with Gasteiger partial charge in [0, 0.05) is 34.5 Å². The van der Waals surface area contributed by atoms with Crippen molar-refractivity contribution in [3.8, 4) is 11.3 Å². The summed E-state index contributed by atoms with van der Waals surface area (Å²) in [6.07, 6.45) is 8.35. The quantitative estimate of drug-likeness (QED) is 0.338. The van der Waals surface area contributed by atoms with Crippen molar-refractivity contribution in [2.75, 3.05) is 0 Å². The van der Waals surface area contributed by atoms with Crippen molar-refractivity contribution in [2.45, 2.75) is 65.7 Å². The van der Waals surface area contributed by atoms with Gasteiger partial charge in [-0.05, 0) is 54.9 Å². The molecule has 1 fully saturated rings. The molecule has 1 saturated carbocycles. The van der Waals surface area contributed by atoms with Gasteiger partial charge in [-0.25, -0.2) is 9.55 Å². The Balaban J connectivity index is 1.69. The van der Waals surface area contributed by atoms with Crippen molar-refractivity contribution in [3.05, 3.63) is 59.4 Å². The molecule has 0 radical (unpaired) electrons. The highest BCUT2D eigenvalue weighted by Gasteiger charge is 2.24. The van der Waals surface area contributed by atoms with Crippen LogP contribution >= 0.6 is 0 Å². The molecule has 0 bridgehead atoms. The molecule has 3 heteroatoms. The second-order valence-electron chi connectivity index (χ2n) is 10.6. The first-order valence-electron chi connectivity index (χ1n) is 11.6. The minimum atomic E-state index is 0.248. The molecule has 0 atom stereocenters. The van der Waals surface area contributed by atoms with E-state index in [1.807, 2.05) is 0 Å². The highest BCUT2D eigenvalue weighted by molar-refractivity contribution is 6.08. The summed E-state index contributed by atoms with van der Waals surface area (Å²) in [5.41, 5.74) is 8.13. The molecule has 5 rings (SSSR count). The normalized spacial score (nSPS) is 15.4. The lowest BCUT2D eigenvalue weighted by molar-refractivity contribution is -0.660. The zero-order chi connectivity index (χ0) is 21.8. The summed E-state index contributed by atoms with van der Waals surface area (Å²) < 4.78 is 8.70. The van der Waals surface area contributed by atoms with Gasteiger partial charge in [-0.2, -0.15) is 0 Å². The van der Waals surface area contributed by atoms with Crippen molar-refractivity contribution in [1.29, 1.82) is 0 Å². The average Bonchev–Trinajstić information content (AvgIpc) is 3.36. The Bertz CT molecular complexity index is 1270. The van der Waals surface area contributed by atoms with Crippen LogP contribution in [0.5, 0.6) is 0 Å². The molecule has 3 heterocycles. The van der Waals surface area contributed by atoms with E-state index in [-0.39, 0.29) is 5.41 Å². The number of hydrogen-bond acceptors (Lipinski definition) is 2. The highest BCUT2D eigenvalue weighted by atomic mass is 16.3. The van der Waals surface area contributed by atoms with E-state index >= 15 is 0 Å². The largest absolute Gasteiger partial charge is 0.437 e. The minimum absolute atomic E-state index is 0.248. The third-order valence-corrected chi connectivity index (χ3v) is 6.72. The molecule has 0 aliphatic heterocycles. The van der Waals surface area contributed by atoms with Crippen LogP contribution in [0.1, 0.15) is 69.2 Å². The summed E-state index contributed by atoms with van der Waals surface area (Å²) in [6, 6.07) is 13.4. The first-order valence-corrected chi connectivity index (χ1v) is 11.6. The van der Waals surface area contributed by atoms with E-state index < -0.39 is 0 Å². The molecular weight excluding hydrogens is 380 g/mol. The van der Waals surface area contributed by atoms with Crippen LogP contribution in [0, 0.1) is 12.3 Å². The van der Waals surface area contributed by atoms with Crippen LogP contribution in [0.25, 0.3) is 33.3 Å². The highest BCUT2D eigenvalue weighted by Crippen LogP contribution is 2.39. The number of fused-ring (bicyclic) bond motifs is 3. The number of benzene rings is 1. The monoisotopic (exact) mass is 413 g/mol. The standard InChI is InChI=1S/C28H33N2O/c1-18-10-11-21-22-12-13-23(20-8-6-7-9-20)29-27(22)31-26(21)25(18)24-16-19(14-15-30(24)5)17-28(2,3)4/h10-16,20H,6-9,17H2,1-5H3/q+1. The summed E-state index contributed by atoms with van der Waals surface area (Å²) in [5, 5.41) is 2.27. The fourth-order valence-electron chi connectivity index (χ4n) is 5.18. The zero-order valence-corrected chi connectivity index (χ0v) is 19.5. The lowest BCUT2D eigenvalue weighted by Gasteiger charge is -2.18. The Labute approximate surface area is 185 Å². The smallest absolute Gasteiger partial charge is 0.227 e. The lowest BCUT2D eigenvalue weighted by atomic mass is 9.88. The Kier molecular flexibility index (Phi) is 4.88. The molecule has 3 aromatic heterocycles. The van der Waals surface area contributed by atoms with Crippen LogP contribution in [0.3, 0.4) is 0 Å². The van der Waals surface area contributed by atoms with Crippen LogP contribution in [0.15, 0.2) is 47.0 Å². The number of aryl methyl sites for hydroxylation is 2. The maximum atomic E-state index is 6.49. The molecule has 0 N–H and O–H groups in total. The van der Waals surface area contributed by atoms with Gasteiger partial charge in [-0.1, -0.05) is 45.7 Å². The van der Waals surface area contributed by atoms with E-state index in [2.05, 4.69) is 81.9 Å². The Morgan fingerprint density at radius 3 is 2.52 bits per heavy atom. The Morgan fingerprint density at radius 1 is 1.03 bits per heavy atom. The molecule has 160 valence electrons. The number of nitrogens with zero attached hydrogens (tertiary/aromatic N) is 2. The van der Waals surface area contributed by atoms with Crippen LogP contribution in [0.4, 0.5) is 0 Å². The van der Waals surface area contributed by atoms with Crippen molar-refractivity contribution in [1.82, 2.24) is 4.98 Å². The van der Waals surface area contributed by atoms with Gasteiger partial charge in [-0.3, -0.25) is 0 Å². The summed E-state index contributed by atoms with van der Waals surface area (Å²) in [4.78, 5) is 4.97. The van der Waals surface area contributed by atoms with Crippen molar-refractivity contribution >= 4 is 22.1 Å². The maximum Gasteiger partial charge on any atom is 0.227 e. The van der Waals surface area contributed by atoms with Gasteiger partial charge >= 0.3 is 0 Å². The number of hydrogen-bond donors (Lipinski definition) is 0. The molecule has 1 aromatic carbocycles. The Hall–Kier alpha value is -2.68.